The third kappa shape index (κ3) is 5.64. The number of halogens is 1. The maximum atomic E-state index is 12.4. The molecule has 9 heteroatoms. The van der Waals surface area contributed by atoms with Gasteiger partial charge in [-0.25, -0.2) is 9.59 Å². The van der Waals surface area contributed by atoms with E-state index in [-0.39, 0.29) is 17.1 Å². The fraction of sp³-hybridized carbons (Fsp3) is 0.286. The average Bonchev–Trinajstić information content (AvgIpc) is 2.99. The Morgan fingerprint density at radius 1 is 1.13 bits per heavy atom. The highest BCUT2D eigenvalue weighted by Gasteiger charge is 2.23. The zero-order chi connectivity index (χ0) is 21.5. The molecule has 1 unspecified atom stereocenters. The largest absolute Gasteiger partial charge is 0.489 e. The molecule has 0 saturated carbocycles. The van der Waals surface area contributed by atoms with Crippen LogP contribution in [-0.4, -0.2) is 37.2 Å². The summed E-state index contributed by atoms with van der Waals surface area (Å²) < 4.78 is 16.2. The lowest BCUT2D eigenvalue weighted by atomic mass is 10.2. The lowest BCUT2D eigenvalue weighted by Crippen LogP contribution is -2.44. The monoisotopic (exact) mass is 432 g/mol. The Morgan fingerprint density at radius 3 is 2.63 bits per heavy atom. The Kier molecular flexibility index (Phi) is 7.13. The van der Waals surface area contributed by atoms with Crippen molar-refractivity contribution in [2.75, 3.05) is 13.2 Å². The van der Waals surface area contributed by atoms with E-state index in [0.717, 1.165) is 5.56 Å². The van der Waals surface area contributed by atoms with Gasteiger partial charge in [-0.3, -0.25) is 10.1 Å². The summed E-state index contributed by atoms with van der Waals surface area (Å²) in [6.07, 6.45) is -0.511. The topological polar surface area (TPSA) is 103 Å². The number of urea groups is 1. The first kappa shape index (κ1) is 21.4. The van der Waals surface area contributed by atoms with E-state index in [1.807, 2.05) is 30.3 Å². The van der Waals surface area contributed by atoms with E-state index in [1.165, 1.54) is 19.1 Å². The van der Waals surface area contributed by atoms with E-state index >= 15 is 0 Å². The van der Waals surface area contributed by atoms with Crippen molar-refractivity contribution in [2.45, 2.75) is 26.0 Å². The molecule has 1 aliphatic rings. The van der Waals surface area contributed by atoms with Crippen molar-refractivity contribution in [3.05, 3.63) is 58.6 Å². The van der Waals surface area contributed by atoms with Crippen molar-refractivity contribution in [3.8, 4) is 11.5 Å². The average molecular weight is 433 g/mol. The van der Waals surface area contributed by atoms with E-state index in [9.17, 15) is 14.4 Å². The van der Waals surface area contributed by atoms with E-state index in [4.69, 9.17) is 25.8 Å². The molecule has 0 bridgehead atoms. The molecule has 30 heavy (non-hydrogen) atoms. The quantitative estimate of drug-likeness (QED) is 0.704. The molecule has 0 radical (unpaired) electrons. The highest BCUT2D eigenvalue weighted by Crippen LogP contribution is 2.38. The van der Waals surface area contributed by atoms with Gasteiger partial charge in [-0.05, 0) is 24.6 Å². The molecule has 3 rings (SSSR count). The smallest absolute Gasteiger partial charge is 0.339 e. The van der Waals surface area contributed by atoms with Crippen molar-refractivity contribution in [1.29, 1.82) is 0 Å². The number of hydrogen-bond acceptors (Lipinski definition) is 6. The summed E-state index contributed by atoms with van der Waals surface area (Å²) in [5, 5.41) is 4.90. The van der Waals surface area contributed by atoms with Gasteiger partial charge in [-0.1, -0.05) is 41.9 Å². The van der Waals surface area contributed by atoms with Crippen molar-refractivity contribution < 1.29 is 28.6 Å². The maximum Gasteiger partial charge on any atom is 0.339 e. The van der Waals surface area contributed by atoms with Gasteiger partial charge in [0, 0.05) is 13.0 Å². The van der Waals surface area contributed by atoms with Crippen molar-refractivity contribution in [2.24, 2.45) is 0 Å². The minimum absolute atomic E-state index is 0.109. The molecule has 0 saturated heterocycles. The van der Waals surface area contributed by atoms with Crippen LogP contribution in [0.15, 0.2) is 42.5 Å². The molecule has 2 N–H and O–H groups in total. The summed E-state index contributed by atoms with van der Waals surface area (Å²) in [6.45, 7) is 2.50. The fourth-order valence-electron chi connectivity index (χ4n) is 2.67. The number of benzene rings is 2. The third-order valence-electron chi connectivity index (χ3n) is 4.22. The molecule has 1 heterocycles. The molecule has 1 atom stereocenters. The highest BCUT2D eigenvalue weighted by atomic mass is 35.5. The number of nitrogens with one attached hydrogen (secondary N) is 2. The SMILES string of the molecule is CC(OC(=O)c1cc(Cl)c2c(c1)OCCCO2)C(=O)NC(=O)NCc1ccccc1. The lowest BCUT2D eigenvalue weighted by molar-refractivity contribution is -0.127. The van der Waals surface area contributed by atoms with Gasteiger partial charge in [-0.15, -0.1) is 0 Å². The maximum absolute atomic E-state index is 12.4. The third-order valence-corrected chi connectivity index (χ3v) is 4.50. The number of imide groups is 1. The summed E-state index contributed by atoms with van der Waals surface area (Å²) in [4.78, 5) is 36.5. The lowest BCUT2D eigenvalue weighted by Gasteiger charge is -2.15. The van der Waals surface area contributed by atoms with Crippen LogP contribution in [0.5, 0.6) is 11.5 Å². The predicted molar refractivity (Wildman–Crippen MR) is 109 cm³/mol. The van der Waals surface area contributed by atoms with E-state index in [1.54, 1.807) is 0 Å². The van der Waals surface area contributed by atoms with Crippen molar-refractivity contribution in [3.63, 3.8) is 0 Å². The first-order valence-corrected chi connectivity index (χ1v) is 9.74. The van der Waals surface area contributed by atoms with Crippen LogP contribution in [0.25, 0.3) is 0 Å². The van der Waals surface area contributed by atoms with Crippen molar-refractivity contribution in [1.82, 2.24) is 10.6 Å². The fourth-order valence-corrected chi connectivity index (χ4v) is 2.93. The van der Waals surface area contributed by atoms with Gasteiger partial charge in [0.15, 0.2) is 17.6 Å². The molecule has 1 aliphatic heterocycles. The van der Waals surface area contributed by atoms with Crippen LogP contribution in [0, 0.1) is 0 Å². The number of amides is 3. The Bertz CT molecular complexity index is 935. The summed E-state index contributed by atoms with van der Waals surface area (Å²) in [5.41, 5.74) is 0.989. The van der Waals surface area contributed by atoms with Crippen molar-refractivity contribution >= 4 is 29.5 Å². The summed E-state index contributed by atoms with van der Waals surface area (Å²) in [6, 6.07) is 11.4. The molecule has 0 spiro atoms. The Balaban J connectivity index is 1.54. The van der Waals surface area contributed by atoms with E-state index in [0.29, 0.717) is 31.1 Å². The normalized spacial score (nSPS) is 13.5. The van der Waals surface area contributed by atoms with Crippen LogP contribution < -0.4 is 20.1 Å². The van der Waals surface area contributed by atoms with Crippen LogP contribution in [0.3, 0.4) is 0 Å². The van der Waals surface area contributed by atoms with Crippen LogP contribution >= 0.6 is 11.6 Å². The summed E-state index contributed by atoms with van der Waals surface area (Å²) in [5.74, 6) is -0.829. The molecule has 3 amide bonds. The van der Waals surface area contributed by atoms with E-state index < -0.39 is 24.0 Å². The molecule has 8 nitrogen and oxygen atoms in total. The molecule has 2 aromatic carbocycles. The second kappa shape index (κ2) is 9.98. The first-order chi connectivity index (χ1) is 14.4. The first-order valence-electron chi connectivity index (χ1n) is 9.37. The molecule has 0 fully saturated rings. The van der Waals surface area contributed by atoms with Gasteiger partial charge in [0.05, 0.1) is 23.8 Å². The van der Waals surface area contributed by atoms with E-state index in [2.05, 4.69) is 10.6 Å². The van der Waals surface area contributed by atoms with Gasteiger partial charge >= 0.3 is 12.0 Å². The number of carbonyl (C=O) groups is 3. The second-order valence-electron chi connectivity index (χ2n) is 6.54. The van der Waals surface area contributed by atoms with Gasteiger partial charge in [0.1, 0.15) is 0 Å². The minimum Gasteiger partial charge on any atom is -0.489 e. The van der Waals surface area contributed by atoms with Gasteiger partial charge < -0.3 is 19.5 Å². The van der Waals surface area contributed by atoms with Crippen LogP contribution in [-0.2, 0) is 16.1 Å². The van der Waals surface area contributed by atoms with Gasteiger partial charge in [0.25, 0.3) is 5.91 Å². The standard InChI is InChI=1S/C21H21ClN2O6/c1-13(19(25)24-21(27)23-12-14-6-3-2-4-7-14)30-20(26)15-10-16(22)18-17(11-15)28-8-5-9-29-18/h2-4,6-7,10-11,13H,5,8-9,12H2,1H3,(H2,23,24,25,27). The molecule has 0 aromatic heterocycles. The number of esters is 1. The van der Waals surface area contributed by atoms with Gasteiger partial charge in [0.2, 0.25) is 0 Å². The van der Waals surface area contributed by atoms with Gasteiger partial charge in [-0.2, -0.15) is 0 Å². The molecular weight excluding hydrogens is 412 g/mol. The Hall–Kier alpha value is -3.26. The summed E-state index contributed by atoms with van der Waals surface area (Å²) >= 11 is 6.17. The number of ether oxygens (including phenoxy) is 3. The molecule has 2 aromatic rings. The van der Waals surface area contributed by atoms with Crippen LogP contribution in [0.2, 0.25) is 5.02 Å². The molecule has 0 aliphatic carbocycles. The summed E-state index contributed by atoms with van der Waals surface area (Å²) in [7, 11) is 0. The number of rotatable bonds is 5. The van der Waals surface area contributed by atoms with Crippen LogP contribution in [0.1, 0.15) is 29.3 Å². The zero-order valence-electron chi connectivity index (χ0n) is 16.3. The minimum atomic E-state index is -1.20. The molecular formula is C21H21ClN2O6. The zero-order valence-corrected chi connectivity index (χ0v) is 17.0. The molecule has 158 valence electrons. The predicted octanol–water partition coefficient (Wildman–Crippen LogP) is 3.07. The number of hydrogen-bond donors (Lipinski definition) is 2. The highest BCUT2D eigenvalue weighted by molar-refractivity contribution is 6.32. The second-order valence-corrected chi connectivity index (χ2v) is 6.95. The Morgan fingerprint density at radius 2 is 1.87 bits per heavy atom. The van der Waals surface area contributed by atoms with Crippen LogP contribution in [0.4, 0.5) is 4.79 Å². The Labute approximate surface area is 178 Å². The number of fused-ring (bicyclic) bond motifs is 1. The number of carbonyl (C=O) groups excluding carboxylic acids is 3.